The van der Waals surface area contributed by atoms with Gasteiger partial charge in [0.2, 0.25) is 5.91 Å². The van der Waals surface area contributed by atoms with Crippen LogP contribution in [0, 0.1) is 23.2 Å². The van der Waals surface area contributed by atoms with Crippen LogP contribution >= 0.6 is 0 Å². The Morgan fingerprint density at radius 1 is 0.958 bits per heavy atom. The van der Waals surface area contributed by atoms with Crippen molar-refractivity contribution in [1.29, 1.82) is 0 Å². The van der Waals surface area contributed by atoms with Crippen LogP contribution in [0.5, 0.6) is 0 Å². The molecule has 0 aromatic rings. The van der Waals surface area contributed by atoms with Crippen LogP contribution in [-0.2, 0) is 4.79 Å². The lowest BCUT2D eigenvalue weighted by atomic mass is 9.49. The van der Waals surface area contributed by atoms with Gasteiger partial charge in [0.1, 0.15) is 0 Å². The Balaban J connectivity index is 1.42. The first-order valence-electron chi connectivity index (χ1n) is 10.6. The highest BCUT2D eigenvalue weighted by atomic mass is 16.1. The summed E-state index contributed by atoms with van der Waals surface area (Å²) in [7, 11) is 0. The van der Waals surface area contributed by atoms with E-state index in [4.69, 9.17) is 0 Å². The van der Waals surface area contributed by atoms with Gasteiger partial charge in [0.25, 0.3) is 0 Å². The molecule has 0 unspecified atom stereocenters. The number of nitrogens with zero attached hydrogens (tertiary/aromatic N) is 1. The van der Waals surface area contributed by atoms with E-state index in [0.29, 0.717) is 11.3 Å². The Morgan fingerprint density at radius 2 is 1.46 bits per heavy atom. The molecule has 0 aromatic heterocycles. The molecule has 0 aliphatic heterocycles. The molecule has 4 saturated carbocycles. The van der Waals surface area contributed by atoms with Crippen LogP contribution in [0.15, 0.2) is 0 Å². The summed E-state index contributed by atoms with van der Waals surface area (Å²) in [5.41, 5.74) is 0.384. The second-order valence-corrected chi connectivity index (χ2v) is 9.31. The highest BCUT2D eigenvalue weighted by Gasteiger charge is 2.51. The van der Waals surface area contributed by atoms with E-state index in [0.717, 1.165) is 37.1 Å². The molecule has 4 rings (SSSR count). The second kappa shape index (κ2) is 7.35. The fourth-order valence-corrected chi connectivity index (χ4v) is 6.70. The number of amides is 1. The molecule has 24 heavy (non-hydrogen) atoms. The highest BCUT2D eigenvalue weighted by Crippen LogP contribution is 2.61. The molecule has 1 amide bonds. The van der Waals surface area contributed by atoms with Gasteiger partial charge in [0.05, 0.1) is 26.2 Å². The predicted molar refractivity (Wildman–Crippen MR) is 99.6 cm³/mol. The van der Waals surface area contributed by atoms with Gasteiger partial charge in [0.15, 0.2) is 0 Å². The molecule has 4 aliphatic carbocycles. The SMILES string of the molecule is CC[N+](CC)(CC)CCCNC(=O)CC12CC3CC(CC(C3)C1)C2. The quantitative estimate of drug-likeness (QED) is 0.501. The summed E-state index contributed by atoms with van der Waals surface area (Å²) in [5, 5.41) is 3.25. The van der Waals surface area contributed by atoms with Gasteiger partial charge in [-0.2, -0.15) is 0 Å². The second-order valence-electron chi connectivity index (χ2n) is 9.31. The summed E-state index contributed by atoms with van der Waals surface area (Å²) >= 11 is 0. The van der Waals surface area contributed by atoms with E-state index in [9.17, 15) is 4.79 Å². The van der Waals surface area contributed by atoms with E-state index in [2.05, 4.69) is 26.1 Å². The summed E-state index contributed by atoms with van der Waals surface area (Å²) in [4.78, 5) is 12.5. The van der Waals surface area contributed by atoms with Crippen LogP contribution in [0.4, 0.5) is 0 Å². The molecule has 4 aliphatic rings. The molecule has 3 heteroatoms. The van der Waals surface area contributed by atoms with Crippen molar-refractivity contribution in [3.8, 4) is 0 Å². The maximum atomic E-state index is 12.5. The van der Waals surface area contributed by atoms with E-state index < -0.39 is 0 Å². The zero-order chi connectivity index (χ0) is 17.2. The maximum absolute atomic E-state index is 12.5. The molecule has 0 heterocycles. The monoisotopic (exact) mass is 335 g/mol. The molecule has 0 atom stereocenters. The minimum atomic E-state index is 0.333. The molecule has 0 spiro atoms. The number of quaternary nitrogens is 1. The van der Waals surface area contributed by atoms with Crippen LogP contribution in [0.25, 0.3) is 0 Å². The van der Waals surface area contributed by atoms with Gasteiger partial charge in [-0.15, -0.1) is 0 Å². The third-order valence-electron chi connectivity index (χ3n) is 7.84. The van der Waals surface area contributed by atoms with Crippen molar-refractivity contribution in [2.45, 2.75) is 72.1 Å². The Labute approximate surface area is 149 Å². The van der Waals surface area contributed by atoms with Crippen molar-refractivity contribution in [2.24, 2.45) is 23.2 Å². The third-order valence-corrected chi connectivity index (χ3v) is 7.84. The first-order valence-corrected chi connectivity index (χ1v) is 10.6. The van der Waals surface area contributed by atoms with Gasteiger partial charge in [0, 0.05) is 19.4 Å². The number of carbonyl (C=O) groups is 1. The van der Waals surface area contributed by atoms with E-state index in [1.54, 1.807) is 0 Å². The molecule has 3 nitrogen and oxygen atoms in total. The van der Waals surface area contributed by atoms with Crippen molar-refractivity contribution in [1.82, 2.24) is 5.32 Å². The molecule has 0 radical (unpaired) electrons. The molecular formula is C21H39N2O+. The first kappa shape index (κ1) is 18.2. The van der Waals surface area contributed by atoms with Gasteiger partial charge >= 0.3 is 0 Å². The largest absolute Gasteiger partial charge is 0.356 e. The number of rotatable bonds is 9. The molecule has 0 aromatic carbocycles. The minimum absolute atomic E-state index is 0.333. The van der Waals surface area contributed by atoms with Gasteiger partial charge < -0.3 is 9.80 Å². The van der Waals surface area contributed by atoms with Gasteiger partial charge in [-0.25, -0.2) is 0 Å². The summed E-state index contributed by atoms with van der Waals surface area (Å²) in [6.07, 6.45) is 10.3. The average molecular weight is 336 g/mol. The van der Waals surface area contributed by atoms with Crippen LogP contribution < -0.4 is 5.32 Å². The van der Waals surface area contributed by atoms with Crippen molar-refractivity contribution in [3.63, 3.8) is 0 Å². The standard InChI is InChI=1S/C21H38N2O/c1-4-23(5-2,6-3)9-7-8-22-20(24)16-21-13-17-10-18(14-21)12-19(11-17)15-21/h17-19H,4-16H2,1-3H3/p+1. The topological polar surface area (TPSA) is 29.1 Å². The van der Waals surface area contributed by atoms with E-state index in [1.165, 1.54) is 69.2 Å². The number of hydrogen-bond donors (Lipinski definition) is 1. The third kappa shape index (κ3) is 3.81. The van der Waals surface area contributed by atoms with E-state index in [-0.39, 0.29) is 0 Å². The summed E-state index contributed by atoms with van der Waals surface area (Å²) in [5.74, 6) is 3.17. The van der Waals surface area contributed by atoms with Crippen molar-refractivity contribution >= 4 is 5.91 Å². The molecule has 4 fully saturated rings. The van der Waals surface area contributed by atoms with Crippen LogP contribution in [0.1, 0.15) is 72.1 Å². The fourth-order valence-electron chi connectivity index (χ4n) is 6.70. The lowest BCUT2D eigenvalue weighted by Crippen LogP contribution is -2.49. The molecule has 4 bridgehead atoms. The van der Waals surface area contributed by atoms with Gasteiger partial charge in [-0.05, 0) is 82.5 Å². The molecular weight excluding hydrogens is 296 g/mol. The first-order chi connectivity index (χ1) is 11.5. The van der Waals surface area contributed by atoms with Crippen molar-refractivity contribution in [3.05, 3.63) is 0 Å². The zero-order valence-corrected chi connectivity index (χ0v) is 16.3. The van der Waals surface area contributed by atoms with E-state index >= 15 is 0 Å². The van der Waals surface area contributed by atoms with E-state index in [1.807, 2.05) is 0 Å². The molecule has 138 valence electrons. The number of nitrogens with one attached hydrogen (secondary N) is 1. The Hall–Kier alpha value is -0.570. The van der Waals surface area contributed by atoms with Crippen LogP contribution in [-0.4, -0.2) is 43.1 Å². The Bertz CT molecular complexity index is 398. The smallest absolute Gasteiger partial charge is 0.220 e. The van der Waals surface area contributed by atoms with Crippen molar-refractivity contribution < 1.29 is 9.28 Å². The lowest BCUT2D eigenvalue weighted by Gasteiger charge is -2.56. The van der Waals surface area contributed by atoms with Crippen LogP contribution in [0.2, 0.25) is 0 Å². The highest BCUT2D eigenvalue weighted by molar-refractivity contribution is 5.76. The molecule has 1 N–H and O–H groups in total. The lowest BCUT2D eigenvalue weighted by molar-refractivity contribution is -0.923. The number of carbonyl (C=O) groups excluding carboxylic acids is 1. The average Bonchev–Trinajstić information content (AvgIpc) is 2.54. The number of hydrogen-bond acceptors (Lipinski definition) is 1. The Kier molecular flexibility index (Phi) is 5.58. The normalized spacial score (nSPS) is 34.5. The minimum Gasteiger partial charge on any atom is -0.356 e. The Morgan fingerprint density at radius 3 is 1.92 bits per heavy atom. The van der Waals surface area contributed by atoms with Crippen molar-refractivity contribution in [2.75, 3.05) is 32.7 Å². The molecule has 0 saturated heterocycles. The zero-order valence-electron chi connectivity index (χ0n) is 16.3. The fraction of sp³-hybridized carbons (Fsp3) is 0.952. The van der Waals surface area contributed by atoms with Gasteiger partial charge in [-0.3, -0.25) is 4.79 Å². The van der Waals surface area contributed by atoms with Gasteiger partial charge in [-0.1, -0.05) is 0 Å². The summed E-state index contributed by atoms with van der Waals surface area (Å²) in [6, 6.07) is 0. The predicted octanol–water partition coefficient (Wildman–Crippen LogP) is 3.98. The maximum Gasteiger partial charge on any atom is 0.220 e. The summed E-state index contributed by atoms with van der Waals surface area (Å²) in [6.45, 7) is 12.5. The van der Waals surface area contributed by atoms with Crippen LogP contribution in [0.3, 0.4) is 0 Å². The summed E-state index contributed by atoms with van der Waals surface area (Å²) < 4.78 is 1.19.